The lowest BCUT2D eigenvalue weighted by molar-refractivity contribution is -0.251. The van der Waals surface area contributed by atoms with Gasteiger partial charge in [0.25, 0.3) is 0 Å². The molecule has 0 saturated heterocycles. The fraction of sp³-hybridized carbons (Fsp3) is 0.357. The van der Waals surface area contributed by atoms with Crippen molar-refractivity contribution in [3.05, 3.63) is 35.9 Å². The van der Waals surface area contributed by atoms with Crippen LogP contribution < -0.4 is 0 Å². The van der Waals surface area contributed by atoms with E-state index in [2.05, 4.69) is 14.5 Å². The summed E-state index contributed by atoms with van der Waals surface area (Å²) >= 11 is 0. The number of nitrogens with zero attached hydrogens (tertiary/aromatic N) is 1. The Morgan fingerprint density at radius 2 is 1.95 bits per heavy atom. The molecule has 22 heavy (non-hydrogen) atoms. The summed E-state index contributed by atoms with van der Waals surface area (Å²) in [5.41, 5.74) is -2.96. The molecule has 1 aromatic carbocycles. The molecule has 118 valence electrons. The Balaban J connectivity index is 2.36. The molecule has 0 aromatic heterocycles. The highest BCUT2D eigenvalue weighted by atomic mass is 19.4. The summed E-state index contributed by atoms with van der Waals surface area (Å²) in [5.74, 6) is -2.02. The zero-order valence-electron chi connectivity index (χ0n) is 11.5. The van der Waals surface area contributed by atoms with E-state index in [9.17, 15) is 22.8 Å². The molecule has 5 nitrogen and oxygen atoms in total. The van der Waals surface area contributed by atoms with Gasteiger partial charge in [0.15, 0.2) is 18.2 Å². The van der Waals surface area contributed by atoms with E-state index in [4.69, 9.17) is 0 Å². The number of methoxy groups -OCH3 is 1. The first-order valence-corrected chi connectivity index (χ1v) is 6.24. The second kappa shape index (κ2) is 5.78. The van der Waals surface area contributed by atoms with Crippen molar-refractivity contribution in [3.8, 4) is 0 Å². The van der Waals surface area contributed by atoms with Crippen molar-refractivity contribution < 1.29 is 32.2 Å². The van der Waals surface area contributed by atoms with Gasteiger partial charge >= 0.3 is 12.1 Å². The standard InChI is InChI=1S/C14H12F3NO4/c1-21-12(20)11-13(14(15,16)17,22-8-18-11)7-10(19)9-5-3-2-4-6-9/h2-6,8,11H,7H2,1H3. The Bertz CT molecular complexity index is 600. The van der Waals surface area contributed by atoms with Gasteiger partial charge in [-0.3, -0.25) is 4.79 Å². The number of benzene rings is 1. The fourth-order valence-electron chi connectivity index (χ4n) is 2.16. The zero-order chi connectivity index (χ0) is 16.4. The second-order valence-corrected chi connectivity index (χ2v) is 4.65. The molecule has 0 amide bonds. The van der Waals surface area contributed by atoms with Crippen LogP contribution in [0.5, 0.6) is 0 Å². The lowest BCUT2D eigenvalue weighted by Gasteiger charge is -2.32. The maximum atomic E-state index is 13.5. The van der Waals surface area contributed by atoms with E-state index in [1.807, 2.05) is 0 Å². The number of carbonyl (C=O) groups is 2. The van der Waals surface area contributed by atoms with Gasteiger partial charge in [-0.1, -0.05) is 30.3 Å². The Kier molecular flexibility index (Phi) is 4.20. The Hall–Kier alpha value is -2.38. The predicted octanol–water partition coefficient (Wildman–Crippen LogP) is 2.16. The van der Waals surface area contributed by atoms with Crippen molar-refractivity contribution in [2.45, 2.75) is 24.2 Å². The van der Waals surface area contributed by atoms with Crippen LogP contribution in [0.4, 0.5) is 13.2 Å². The summed E-state index contributed by atoms with van der Waals surface area (Å²) < 4.78 is 49.3. The Morgan fingerprint density at radius 3 is 2.50 bits per heavy atom. The highest BCUT2D eigenvalue weighted by molar-refractivity contribution is 5.98. The van der Waals surface area contributed by atoms with Gasteiger partial charge < -0.3 is 9.47 Å². The molecule has 2 atom stereocenters. The van der Waals surface area contributed by atoms with E-state index >= 15 is 0 Å². The first kappa shape index (κ1) is 16.0. The van der Waals surface area contributed by atoms with Gasteiger partial charge in [0.2, 0.25) is 5.60 Å². The van der Waals surface area contributed by atoms with E-state index in [-0.39, 0.29) is 5.56 Å². The number of Topliss-reactive ketones (excluding diaryl/α,β-unsaturated/α-hetero) is 1. The van der Waals surface area contributed by atoms with Crippen molar-refractivity contribution in [1.29, 1.82) is 0 Å². The van der Waals surface area contributed by atoms with Crippen molar-refractivity contribution in [2.75, 3.05) is 7.11 Å². The number of hydrogen-bond acceptors (Lipinski definition) is 5. The van der Waals surface area contributed by atoms with Crippen molar-refractivity contribution in [1.82, 2.24) is 0 Å². The number of alkyl halides is 3. The molecule has 0 saturated carbocycles. The summed E-state index contributed by atoms with van der Waals surface area (Å²) in [7, 11) is 0.941. The van der Waals surface area contributed by atoms with Gasteiger partial charge in [-0.2, -0.15) is 13.2 Å². The van der Waals surface area contributed by atoms with Gasteiger partial charge in [0.05, 0.1) is 13.5 Å². The normalized spacial score (nSPS) is 23.9. The van der Waals surface area contributed by atoms with Crippen molar-refractivity contribution >= 4 is 18.2 Å². The number of esters is 1. The van der Waals surface area contributed by atoms with E-state index in [1.165, 1.54) is 24.3 Å². The third-order valence-electron chi connectivity index (χ3n) is 3.34. The molecule has 1 aromatic rings. The molecule has 1 aliphatic heterocycles. The lowest BCUT2D eigenvalue weighted by Crippen LogP contribution is -2.57. The minimum atomic E-state index is -4.98. The SMILES string of the molecule is COC(=O)C1N=COC1(CC(=O)c1ccccc1)C(F)(F)F. The van der Waals surface area contributed by atoms with E-state index in [0.717, 1.165) is 7.11 Å². The Labute approximate surface area is 123 Å². The van der Waals surface area contributed by atoms with Crippen molar-refractivity contribution in [2.24, 2.45) is 4.99 Å². The third-order valence-corrected chi connectivity index (χ3v) is 3.34. The third kappa shape index (κ3) is 2.68. The Morgan fingerprint density at radius 1 is 1.32 bits per heavy atom. The van der Waals surface area contributed by atoms with E-state index in [0.29, 0.717) is 6.40 Å². The largest absolute Gasteiger partial charge is 0.467 e. The highest BCUT2D eigenvalue weighted by Gasteiger charge is 2.67. The number of halogens is 3. The van der Waals surface area contributed by atoms with Crippen LogP contribution in [0, 0.1) is 0 Å². The van der Waals surface area contributed by atoms with Crippen LogP contribution in [0.2, 0.25) is 0 Å². The van der Waals surface area contributed by atoms with Crippen LogP contribution >= 0.6 is 0 Å². The molecule has 1 aliphatic rings. The highest BCUT2D eigenvalue weighted by Crippen LogP contribution is 2.43. The van der Waals surface area contributed by atoms with Crippen molar-refractivity contribution in [3.63, 3.8) is 0 Å². The molecule has 1 heterocycles. The van der Waals surface area contributed by atoms with Crippen LogP contribution in [0.15, 0.2) is 35.3 Å². The zero-order valence-corrected chi connectivity index (χ0v) is 11.5. The average molecular weight is 315 g/mol. The number of rotatable bonds is 4. The van der Waals surface area contributed by atoms with Gasteiger partial charge in [-0.25, -0.2) is 9.79 Å². The number of ether oxygens (including phenoxy) is 2. The molecule has 0 spiro atoms. The van der Waals surface area contributed by atoms with Gasteiger partial charge in [-0.15, -0.1) is 0 Å². The molecule has 0 radical (unpaired) electrons. The summed E-state index contributed by atoms with van der Waals surface area (Å²) in [6, 6.07) is 5.48. The van der Waals surface area contributed by atoms with Crippen LogP contribution in [-0.2, 0) is 14.3 Å². The van der Waals surface area contributed by atoms with Crippen LogP contribution in [0.3, 0.4) is 0 Å². The molecule has 0 N–H and O–H groups in total. The first-order valence-electron chi connectivity index (χ1n) is 6.24. The average Bonchev–Trinajstić information content (AvgIpc) is 2.92. The number of aliphatic imine (C=N–C) groups is 1. The molecule has 0 aliphatic carbocycles. The second-order valence-electron chi connectivity index (χ2n) is 4.65. The maximum Gasteiger partial charge on any atom is 0.431 e. The van der Waals surface area contributed by atoms with Gasteiger partial charge in [0, 0.05) is 5.56 Å². The molecular weight excluding hydrogens is 303 g/mol. The quantitative estimate of drug-likeness (QED) is 0.631. The minimum absolute atomic E-state index is 0.0882. The maximum absolute atomic E-state index is 13.5. The number of carbonyl (C=O) groups excluding carboxylic acids is 2. The van der Waals surface area contributed by atoms with Crippen LogP contribution in [0.25, 0.3) is 0 Å². The van der Waals surface area contributed by atoms with Crippen LogP contribution in [0.1, 0.15) is 16.8 Å². The number of ketones is 1. The molecule has 0 fully saturated rings. The van der Waals surface area contributed by atoms with Crippen LogP contribution in [-0.4, -0.2) is 43.1 Å². The van der Waals surface area contributed by atoms with Gasteiger partial charge in [-0.05, 0) is 0 Å². The molecule has 2 unspecified atom stereocenters. The lowest BCUT2D eigenvalue weighted by atomic mass is 9.86. The van der Waals surface area contributed by atoms with E-state index < -0.39 is 36.0 Å². The van der Waals surface area contributed by atoms with Gasteiger partial charge in [0.1, 0.15) is 0 Å². The molecule has 2 rings (SSSR count). The monoisotopic (exact) mass is 315 g/mol. The summed E-state index contributed by atoms with van der Waals surface area (Å²) in [6.07, 6.45) is -5.51. The number of hydrogen-bond donors (Lipinski definition) is 0. The summed E-state index contributed by atoms with van der Waals surface area (Å²) in [5, 5.41) is 0. The summed E-state index contributed by atoms with van der Waals surface area (Å²) in [6.45, 7) is 0. The van der Waals surface area contributed by atoms with E-state index in [1.54, 1.807) is 6.07 Å². The minimum Gasteiger partial charge on any atom is -0.467 e. The summed E-state index contributed by atoms with van der Waals surface area (Å²) in [4.78, 5) is 27.1. The first-order chi connectivity index (χ1) is 10.3. The topological polar surface area (TPSA) is 65.0 Å². The predicted molar refractivity (Wildman–Crippen MR) is 69.6 cm³/mol. The molecule has 8 heteroatoms. The fourth-order valence-corrected chi connectivity index (χ4v) is 2.16. The smallest absolute Gasteiger partial charge is 0.431 e. The molecular formula is C14H12F3NO4. The molecule has 0 bridgehead atoms.